The molecule has 4 rings (SSSR count). The van der Waals surface area contributed by atoms with Gasteiger partial charge in [0.2, 0.25) is 5.91 Å². The largest absolute Gasteiger partial charge is 0.377 e. The van der Waals surface area contributed by atoms with Crippen molar-refractivity contribution >= 4 is 5.91 Å². The van der Waals surface area contributed by atoms with Crippen molar-refractivity contribution in [1.82, 2.24) is 19.8 Å². The van der Waals surface area contributed by atoms with Crippen molar-refractivity contribution in [2.24, 2.45) is 18.9 Å². The van der Waals surface area contributed by atoms with Gasteiger partial charge in [0.05, 0.1) is 31.2 Å². The number of aromatic nitrogens is 2. The summed E-state index contributed by atoms with van der Waals surface area (Å²) in [6.45, 7) is 4.37. The third-order valence-corrected chi connectivity index (χ3v) is 5.90. The Labute approximate surface area is 160 Å². The van der Waals surface area contributed by atoms with E-state index >= 15 is 0 Å². The predicted molar refractivity (Wildman–Crippen MR) is 103 cm³/mol. The summed E-state index contributed by atoms with van der Waals surface area (Å²) in [5.74, 6) is 1.11. The number of ether oxygens (including phenoxy) is 1. The second kappa shape index (κ2) is 8.23. The Balaban J connectivity index is 1.25. The molecule has 2 aromatic rings. The molecule has 27 heavy (non-hydrogen) atoms. The number of rotatable bonds is 6. The van der Waals surface area contributed by atoms with Crippen LogP contribution in [0.3, 0.4) is 0 Å². The Morgan fingerprint density at radius 2 is 2.19 bits per heavy atom. The van der Waals surface area contributed by atoms with Crippen molar-refractivity contribution in [2.75, 3.05) is 19.7 Å². The van der Waals surface area contributed by atoms with Crippen molar-refractivity contribution in [3.05, 3.63) is 54.1 Å². The second-order valence-corrected chi connectivity index (χ2v) is 7.78. The molecule has 0 bridgehead atoms. The van der Waals surface area contributed by atoms with Gasteiger partial charge in [0.25, 0.3) is 0 Å². The summed E-state index contributed by atoms with van der Waals surface area (Å²) < 4.78 is 8.11. The maximum Gasteiger partial charge on any atom is 0.222 e. The van der Waals surface area contributed by atoms with E-state index in [4.69, 9.17) is 4.74 Å². The number of likely N-dealkylation sites (tertiary alicyclic amines) is 1. The lowest BCUT2D eigenvalue weighted by atomic mass is 9.83. The van der Waals surface area contributed by atoms with Gasteiger partial charge >= 0.3 is 0 Å². The van der Waals surface area contributed by atoms with Crippen LogP contribution in [0.1, 0.15) is 24.1 Å². The molecule has 144 valence electrons. The number of nitrogens with zero attached hydrogens (tertiary/aromatic N) is 3. The van der Waals surface area contributed by atoms with Gasteiger partial charge in [-0.05, 0) is 24.4 Å². The zero-order chi connectivity index (χ0) is 18.6. The third kappa shape index (κ3) is 4.39. The summed E-state index contributed by atoms with van der Waals surface area (Å²) in [4.78, 5) is 19.0. The highest BCUT2D eigenvalue weighted by Crippen LogP contribution is 2.36. The van der Waals surface area contributed by atoms with Crippen LogP contribution in [0.4, 0.5) is 0 Å². The molecule has 3 heterocycles. The molecule has 2 fully saturated rings. The monoisotopic (exact) mass is 368 g/mol. The number of benzene rings is 1. The van der Waals surface area contributed by atoms with Crippen molar-refractivity contribution in [2.45, 2.75) is 32.0 Å². The molecule has 0 radical (unpaired) electrons. The summed E-state index contributed by atoms with van der Waals surface area (Å²) in [6, 6.07) is 10.0. The fourth-order valence-electron chi connectivity index (χ4n) is 4.33. The molecule has 1 aromatic heterocycles. The summed E-state index contributed by atoms with van der Waals surface area (Å²) >= 11 is 0. The molecular weight excluding hydrogens is 340 g/mol. The molecule has 2 aliphatic rings. The van der Waals surface area contributed by atoms with Crippen molar-refractivity contribution in [3.63, 3.8) is 0 Å². The maximum absolute atomic E-state index is 12.3. The molecule has 1 amide bonds. The molecule has 3 atom stereocenters. The topological polar surface area (TPSA) is 59.4 Å². The average molecular weight is 368 g/mol. The fourth-order valence-corrected chi connectivity index (χ4v) is 4.33. The van der Waals surface area contributed by atoms with Crippen LogP contribution in [0.15, 0.2) is 42.9 Å². The number of carbonyl (C=O) groups is 1. The van der Waals surface area contributed by atoms with Gasteiger partial charge in [-0.25, -0.2) is 4.98 Å². The van der Waals surface area contributed by atoms with E-state index in [0.717, 1.165) is 38.2 Å². The highest BCUT2D eigenvalue weighted by molar-refractivity contribution is 5.76. The summed E-state index contributed by atoms with van der Waals surface area (Å²) in [5, 5.41) is 3.03. The van der Waals surface area contributed by atoms with Gasteiger partial charge in [0.15, 0.2) is 0 Å². The normalized spacial score (nSPS) is 25.3. The zero-order valence-corrected chi connectivity index (χ0v) is 15.9. The van der Waals surface area contributed by atoms with Crippen LogP contribution in [0, 0.1) is 11.8 Å². The maximum atomic E-state index is 12.3. The lowest BCUT2D eigenvalue weighted by Crippen LogP contribution is -2.42. The Morgan fingerprint density at radius 1 is 1.33 bits per heavy atom. The third-order valence-electron chi connectivity index (χ3n) is 5.90. The number of imidazole rings is 1. The Morgan fingerprint density at radius 3 is 2.96 bits per heavy atom. The molecule has 1 aromatic carbocycles. The Kier molecular flexibility index (Phi) is 5.55. The Bertz CT molecular complexity index is 761. The van der Waals surface area contributed by atoms with Crippen LogP contribution in [-0.4, -0.2) is 46.2 Å². The minimum atomic E-state index is 0.0598. The minimum Gasteiger partial charge on any atom is -0.377 e. The Hall–Kier alpha value is -2.18. The number of carbonyl (C=O) groups excluding carboxylic acids is 1. The van der Waals surface area contributed by atoms with Crippen LogP contribution >= 0.6 is 0 Å². The first kappa shape index (κ1) is 18.2. The van der Waals surface area contributed by atoms with Gasteiger partial charge in [0.1, 0.15) is 0 Å². The zero-order valence-electron chi connectivity index (χ0n) is 15.9. The molecular formula is C21H28N4O2. The van der Waals surface area contributed by atoms with E-state index in [0.29, 0.717) is 24.8 Å². The molecule has 6 nitrogen and oxygen atoms in total. The fraction of sp³-hybridized carbons (Fsp3) is 0.524. The first-order valence-corrected chi connectivity index (χ1v) is 9.79. The number of aryl methyl sites for hydroxylation is 1. The van der Waals surface area contributed by atoms with E-state index in [1.54, 1.807) is 0 Å². The highest BCUT2D eigenvalue weighted by atomic mass is 16.5. The van der Waals surface area contributed by atoms with Crippen molar-refractivity contribution in [1.29, 1.82) is 0 Å². The van der Waals surface area contributed by atoms with Crippen molar-refractivity contribution < 1.29 is 9.53 Å². The van der Waals surface area contributed by atoms with Crippen LogP contribution < -0.4 is 5.32 Å². The number of hydrogen-bond acceptors (Lipinski definition) is 4. The SMILES string of the molecule is Cn1cncc1CN1CC[C@@H]2[C@@H](CO[C@H]2CC(=O)NCc2ccccc2)C1. The highest BCUT2D eigenvalue weighted by Gasteiger charge is 2.41. The summed E-state index contributed by atoms with van der Waals surface area (Å²) in [7, 11) is 2.04. The summed E-state index contributed by atoms with van der Waals surface area (Å²) in [5.41, 5.74) is 2.36. The molecule has 0 saturated carbocycles. The first-order valence-electron chi connectivity index (χ1n) is 9.79. The standard InChI is InChI=1S/C21H28N4O2/c1-24-15-22-11-18(24)13-25-8-7-19-17(12-25)14-27-20(19)9-21(26)23-10-16-5-3-2-4-6-16/h2-6,11,15,17,19-20H,7-10,12-14H2,1H3,(H,23,26)/t17-,19-,20+/m1/s1. The van der Waals surface area contributed by atoms with E-state index in [-0.39, 0.29) is 12.0 Å². The van der Waals surface area contributed by atoms with Crippen molar-refractivity contribution in [3.8, 4) is 0 Å². The first-order chi connectivity index (χ1) is 13.2. The van der Waals surface area contributed by atoms with Gasteiger partial charge in [0, 0.05) is 38.8 Å². The second-order valence-electron chi connectivity index (χ2n) is 7.78. The van der Waals surface area contributed by atoms with Gasteiger partial charge < -0.3 is 14.6 Å². The van der Waals surface area contributed by atoms with Crippen LogP contribution in [0.5, 0.6) is 0 Å². The molecule has 0 spiro atoms. The quantitative estimate of drug-likeness (QED) is 0.847. The van der Waals surface area contributed by atoms with E-state index < -0.39 is 0 Å². The molecule has 2 aliphatic heterocycles. The molecule has 2 saturated heterocycles. The van der Waals surface area contributed by atoms with Gasteiger partial charge in [-0.3, -0.25) is 9.69 Å². The smallest absolute Gasteiger partial charge is 0.222 e. The number of hydrogen-bond donors (Lipinski definition) is 1. The van der Waals surface area contributed by atoms with E-state index in [9.17, 15) is 4.79 Å². The lowest BCUT2D eigenvalue weighted by molar-refractivity contribution is -0.124. The van der Waals surface area contributed by atoms with E-state index in [2.05, 4.69) is 19.8 Å². The molecule has 1 N–H and O–H groups in total. The molecule has 0 aliphatic carbocycles. The van der Waals surface area contributed by atoms with Crippen LogP contribution in [0.25, 0.3) is 0 Å². The van der Waals surface area contributed by atoms with Crippen LogP contribution in [0.2, 0.25) is 0 Å². The van der Waals surface area contributed by atoms with Gasteiger partial charge in [-0.15, -0.1) is 0 Å². The van der Waals surface area contributed by atoms with Crippen LogP contribution in [-0.2, 0) is 29.7 Å². The van der Waals surface area contributed by atoms with Gasteiger partial charge in [-0.2, -0.15) is 0 Å². The molecule has 0 unspecified atom stereocenters. The number of piperidine rings is 1. The van der Waals surface area contributed by atoms with Gasteiger partial charge in [-0.1, -0.05) is 30.3 Å². The van der Waals surface area contributed by atoms with E-state index in [1.165, 1.54) is 5.69 Å². The molecule has 6 heteroatoms. The summed E-state index contributed by atoms with van der Waals surface area (Å²) in [6.07, 6.45) is 5.42. The number of fused-ring (bicyclic) bond motifs is 1. The predicted octanol–water partition coefficient (Wildman–Crippen LogP) is 1.96. The van der Waals surface area contributed by atoms with E-state index in [1.807, 2.05) is 49.9 Å². The lowest BCUT2D eigenvalue weighted by Gasteiger charge is -2.35. The average Bonchev–Trinajstić information content (AvgIpc) is 3.27. The number of nitrogens with one attached hydrogen (secondary N) is 1. The minimum absolute atomic E-state index is 0.0598. The number of amides is 1.